The molecule has 0 bridgehead atoms. The first-order valence-corrected chi connectivity index (χ1v) is 6.24. The highest BCUT2D eigenvalue weighted by Crippen LogP contribution is 1.83. The lowest BCUT2D eigenvalue weighted by Crippen LogP contribution is -2.13. The molecule has 18 heavy (non-hydrogen) atoms. The highest BCUT2D eigenvalue weighted by atomic mass is 16.6. The van der Waals surface area contributed by atoms with Crippen molar-refractivity contribution in [2.45, 2.75) is 6.92 Å². The molecule has 5 heteroatoms. The van der Waals surface area contributed by atoms with Crippen LogP contribution in [-0.2, 0) is 23.7 Å². The van der Waals surface area contributed by atoms with Gasteiger partial charge in [-0.1, -0.05) is 5.92 Å². The molecule has 0 aromatic heterocycles. The molecule has 0 aromatic rings. The summed E-state index contributed by atoms with van der Waals surface area (Å²) in [6, 6.07) is 0. The van der Waals surface area contributed by atoms with Crippen LogP contribution in [0.5, 0.6) is 0 Å². The van der Waals surface area contributed by atoms with Gasteiger partial charge in [-0.05, 0) is 6.92 Å². The Morgan fingerprint density at radius 2 is 1.06 bits per heavy atom. The smallest absolute Gasteiger partial charge is 0.107 e. The van der Waals surface area contributed by atoms with E-state index < -0.39 is 0 Å². The standard InChI is InChI=1S/C13H24O5/c1-3-5-15-8-9-17-12-13-18-11-10-16-7-6-14-4-2/h1H,4-13H2,2H3. The van der Waals surface area contributed by atoms with Crippen LogP contribution in [0.25, 0.3) is 0 Å². The Morgan fingerprint density at radius 1 is 0.667 bits per heavy atom. The Balaban J connectivity index is 2.89. The number of hydrogen-bond donors (Lipinski definition) is 0. The predicted molar refractivity (Wildman–Crippen MR) is 68.6 cm³/mol. The van der Waals surface area contributed by atoms with E-state index in [1.54, 1.807) is 0 Å². The van der Waals surface area contributed by atoms with Gasteiger partial charge in [-0.15, -0.1) is 6.42 Å². The first-order chi connectivity index (χ1) is 8.91. The molecule has 0 aliphatic heterocycles. The fraction of sp³-hybridized carbons (Fsp3) is 0.846. The van der Waals surface area contributed by atoms with Gasteiger partial charge in [-0.2, -0.15) is 0 Å². The van der Waals surface area contributed by atoms with Crippen LogP contribution < -0.4 is 0 Å². The fourth-order valence-corrected chi connectivity index (χ4v) is 1.05. The lowest BCUT2D eigenvalue weighted by Gasteiger charge is -2.06. The third-order valence-corrected chi connectivity index (χ3v) is 1.88. The minimum atomic E-state index is 0.332. The third kappa shape index (κ3) is 15.4. The lowest BCUT2D eigenvalue weighted by molar-refractivity contribution is -0.00823. The van der Waals surface area contributed by atoms with Crippen molar-refractivity contribution in [3.8, 4) is 12.3 Å². The van der Waals surface area contributed by atoms with Gasteiger partial charge in [-0.3, -0.25) is 0 Å². The minimum absolute atomic E-state index is 0.332. The molecule has 0 atom stereocenters. The summed E-state index contributed by atoms with van der Waals surface area (Å²) < 4.78 is 26.0. The zero-order valence-corrected chi connectivity index (χ0v) is 11.2. The van der Waals surface area contributed by atoms with Crippen molar-refractivity contribution in [2.75, 3.05) is 66.1 Å². The quantitative estimate of drug-likeness (QED) is 0.340. The number of rotatable bonds is 14. The van der Waals surface area contributed by atoms with Crippen molar-refractivity contribution < 1.29 is 23.7 Å². The van der Waals surface area contributed by atoms with Crippen molar-refractivity contribution in [1.29, 1.82) is 0 Å². The maximum Gasteiger partial charge on any atom is 0.107 e. The van der Waals surface area contributed by atoms with Gasteiger partial charge in [0.2, 0.25) is 0 Å². The SMILES string of the molecule is C#CCOCCOCCOCCOCCOCC. The average Bonchev–Trinajstić information content (AvgIpc) is 2.39. The monoisotopic (exact) mass is 260 g/mol. The van der Waals surface area contributed by atoms with Crippen LogP contribution >= 0.6 is 0 Å². The highest BCUT2D eigenvalue weighted by Gasteiger charge is 1.92. The zero-order valence-electron chi connectivity index (χ0n) is 11.2. The summed E-state index contributed by atoms with van der Waals surface area (Å²) in [5.41, 5.74) is 0. The summed E-state index contributed by atoms with van der Waals surface area (Å²) in [7, 11) is 0. The molecule has 0 fully saturated rings. The maximum absolute atomic E-state index is 5.30. The molecule has 0 radical (unpaired) electrons. The maximum atomic E-state index is 5.30. The summed E-state index contributed by atoms with van der Waals surface area (Å²) in [5.74, 6) is 2.39. The normalized spacial score (nSPS) is 10.4. The lowest BCUT2D eigenvalue weighted by atomic mass is 10.7. The second-order valence-corrected chi connectivity index (χ2v) is 3.29. The van der Waals surface area contributed by atoms with Crippen molar-refractivity contribution in [1.82, 2.24) is 0 Å². The Labute approximate surface area is 110 Å². The van der Waals surface area contributed by atoms with Gasteiger partial charge in [0.25, 0.3) is 0 Å². The van der Waals surface area contributed by atoms with Crippen LogP contribution in [0, 0.1) is 12.3 Å². The second kappa shape index (κ2) is 16.4. The van der Waals surface area contributed by atoms with E-state index in [2.05, 4.69) is 5.92 Å². The molecule has 0 saturated carbocycles. The molecule has 0 saturated heterocycles. The molecule has 0 unspecified atom stereocenters. The van der Waals surface area contributed by atoms with E-state index in [-0.39, 0.29) is 0 Å². The van der Waals surface area contributed by atoms with Gasteiger partial charge in [-0.25, -0.2) is 0 Å². The molecule has 0 amide bonds. The van der Waals surface area contributed by atoms with Crippen molar-refractivity contribution in [3.05, 3.63) is 0 Å². The first-order valence-electron chi connectivity index (χ1n) is 6.24. The summed E-state index contributed by atoms with van der Waals surface area (Å²) in [4.78, 5) is 0. The van der Waals surface area contributed by atoms with E-state index >= 15 is 0 Å². The van der Waals surface area contributed by atoms with Crippen LogP contribution in [0.4, 0.5) is 0 Å². The molecule has 0 rings (SSSR count). The highest BCUT2D eigenvalue weighted by molar-refractivity contribution is 4.82. The van der Waals surface area contributed by atoms with Gasteiger partial charge in [0.15, 0.2) is 0 Å². The molecule has 106 valence electrons. The van der Waals surface area contributed by atoms with Crippen molar-refractivity contribution in [2.24, 2.45) is 0 Å². The van der Waals surface area contributed by atoms with Gasteiger partial charge < -0.3 is 23.7 Å². The van der Waals surface area contributed by atoms with Crippen LogP contribution in [0.1, 0.15) is 6.92 Å². The molecule has 0 spiro atoms. The molecule has 0 heterocycles. The van der Waals surface area contributed by atoms with E-state index in [0.717, 1.165) is 6.61 Å². The Bertz CT molecular complexity index is 190. The third-order valence-electron chi connectivity index (χ3n) is 1.88. The largest absolute Gasteiger partial charge is 0.379 e. The Kier molecular flexibility index (Phi) is 15.8. The van der Waals surface area contributed by atoms with Gasteiger partial charge in [0, 0.05) is 6.61 Å². The Hall–Kier alpha value is -0.640. The van der Waals surface area contributed by atoms with Gasteiger partial charge in [0.1, 0.15) is 6.61 Å². The van der Waals surface area contributed by atoms with E-state index in [4.69, 9.17) is 30.1 Å². The van der Waals surface area contributed by atoms with Crippen LogP contribution in [0.3, 0.4) is 0 Å². The van der Waals surface area contributed by atoms with E-state index in [0.29, 0.717) is 59.5 Å². The summed E-state index contributed by atoms with van der Waals surface area (Å²) in [6.07, 6.45) is 5.02. The van der Waals surface area contributed by atoms with E-state index in [9.17, 15) is 0 Å². The topological polar surface area (TPSA) is 46.2 Å². The summed E-state index contributed by atoms with van der Waals surface area (Å²) in [6.45, 7) is 7.59. The van der Waals surface area contributed by atoms with Gasteiger partial charge >= 0.3 is 0 Å². The first kappa shape index (κ1) is 17.4. The summed E-state index contributed by atoms with van der Waals surface area (Å²) >= 11 is 0. The van der Waals surface area contributed by atoms with Crippen LogP contribution in [0.15, 0.2) is 0 Å². The zero-order chi connectivity index (χ0) is 13.3. The van der Waals surface area contributed by atoms with Crippen molar-refractivity contribution in [3.63, 3.8) is 0 Å². The predicted octanol–water partition coefficient (Wildman–Crippen LogP) is 0.722. The average molecular weight is 260 g/mol. The number of ether oxygens (including phenoxy) is 5. The molecule has 0 aliphatic carbocycles. The van der Waals surface area contributed by atoms with Gasteiger partial charge in [0.05, 0.1) is 52.9 Å². The van der Waals surface area contributed by atoms with Crippen LogP contribution in [-0.4, -0.2) is 66.1 Å². The molecule has 5 nitrogen and oxygen atoms in total. The molecular weight excluding hydrogens is 236 g/mol. The minimum Gasteiger partial charge on any atom is -0.379 e. The summed E-state index contributed by atoms with van der Waals surface area (Å²) in [5, 5.41) is 0. The number of terminal acetylenes is 1. The van der Waals surface area contributed by atoms with E-state index in [1.807, 2.05) is 6.92 Å². The van der Waals surface area contributed by atoms with Crippen LogP contribution in [0.2, 0.25) is 0 Å². The van der Waals surface area contributed by atoms with E-state index in [1.165, 1.54) is 0 Å². The second-order valence-electron chi connectivity index (χ2n) is 3.29. The molecule has 0 N–H and O–H groups in total. The molecule has 0 aromatic carbocycles. The fourth-order valence-electron chi connectivity index (χ4n) is 1.05. The van der Waals surface area contributed by atoms with Crippen molar-refractivity contribution >= 4 is 0 Å². The Morgan fingerprint density at radius 3 is 1.44 bits per heavy atom. The molecular formula is C13H24O5. The molecule has 0 aliphatic rings. The number of hydrogen-bond acceptors (Lipinski definition) is 5.